The van der Waals surface area contributed by atoms with Crippen molar-refractivity contribution in [2.75, 3.05) is 19.0 Å². The first-order valence-corrected chi connectivity index (χ1v) is 10.6. The average molecular weight is 478 g/mol. The predicted octanol–water partition coefficient (Wildman–Crippen LogP) is 3.12. The summed E-state index contributed by atoms with van der Waals surface area (Å²) < 4.78 is 6.25. The van der Waals surface area contributed by atoms with Gasteiger partial charge < -0.3 is 15.4 Å². The molecule has 0 saturated heterocycles. The average Bonchev–Trinajstić information content (AvgIpc) is 2.83. The van der Waals surface area contributed by atoms with Crippen molar-refractivity contribution in [1.29, 1.82) is 0 Å². The van der Waals surface area contributed by atoms with Crippen LogP contribution >= 0.6 is 11.6 Å². The van der Waals surface area contributed by atoms with Gasteiger partial charge in [-0.15, -0.1) is 0 Å². The third kappa shape index (κ3) is 4.74. The fourth-order valence-corrected chi connectivity index (χ4v) is 3.62. The molecule has 0 aliphatic rings. The zero-order valence-electron chi connectivity index (χ0n) is 18.3. The smallest absolute Gasteiger partial charge is 0.279 e. The number of amides is 2. The van der Waals surface area contributed by atoms with E-state index in [2.05, 4.69) is 20.7 Å². The number of nitrogens with zero attached hydrogens (tertiary/aromatic N) is 3. The number of aryl methyl sites for hydroxylation is 1. The van der Waals surface area contributed by atoms with Crippen molar-refractivity contribution in [2.45, 2.75) is 6.92 Å². The number of hydrogen-bond donors (Lipinski definition) is 2. The summed E-state index contributed by atoms with van der Waals surface area (Å²) in [5, 5.41) is 10.4. The van der Waals surface area contributed by atoms with Gasteiger partial charge in [-0.05, 0) is 43.3 Å². The first kappa shape index (κ1) is 22.9. The number of halogens is 1. The van der Waals surface area contributed by atoms with Gasteiger partial charge in [-0.3, -0.25) is 14.4 Å². The normalized spacial score (nSPS) is 10.7. The predicted molar refractivity (Wildman–Crippen MR) is 129 cm³/mol. The number of aromatic nitrogens is 3. The molecule has 0 unspecified atom stereocenters. The Hall–Kier alpha value is -4.24. The highest BCUT2D eigenvalue weighted by atomic mass is 35.5. The van der Waals surface area contributed by atoms with Crippen LogP contribution in [-0.4, -0.2) is 40.2 Å². The van der Waals surface area contributed by atoms with Gasteiger partial charge in [0.15, 0.2) is 5.69 Å². The van der Waals surface area contributed by atoms with Crippen LogP contribution in [0.25, 0.3) is 16.5 Å². The number of anilines is 1. The highest BCUT2D eigenvalue weighted by molar-refractivity contribution is 6.32. The molecule has 2 heterocycles. The SMILES string of the molecule is COc1ccc(-n2nc(C(=O)NCC(=O)Nc3cccc(C)n3)c3ccccc3c2=O)cc1Cl. The van der Waals surface area contributed by atoms with E-state index in [1.807, 2.05) is 0 Å². The highest BCUT2D eigenvalue weighted by Crippen LogP contribution is 2.26. The molecule has 172 valence electrons. The molecular formula is C24H20ClN5O4. The standard InChI is InChI=1S/C24H20ClN5O4/c1-14-6-5-9-20(27-14)28-21(31)13-26-23(32)22-16-7-3-4-8-17(16)24(33)30(29-22)15-10-11-19(34-2)18(25)12-15/h3-12H,13H2,1-2H3,(H,26,32)(H,27,28,31). The Balaban J connectivity index is 1.64. The summed E-state index contributed by atoms with van der Waals surface area (Å²) in [6.07, 6.45) is 0. The molecule has 2 amide bonds. The van der Waals surface area contributed by atoms with Crippen molar-refractivity contribution in [3.63, 3.8) is 0 Å². The van der Waals surface area contributed by atoms with Crippen LogP contribution in [0.4, 0.5) is 5.82 Å². The minimum Gasteiger partial charge on any atom is -0.495 e. The van der Waals surface area contributed by atoms with E-state index in [0.29, 0.717) is 28.0 Å². The van der Waals surface area contributed by atoms with E-state index in [4.69, 9.17) is 16.3 Å². The zero-order chi connectivity index (χ0) is 24.2. The molecule has 2 N–H and O–H groups in total. The van der Waals surface area contributed by atoms with Crippen LogP contribution in [0.2, 0.25) is 5.02 Å². The maximum Gasteiger partial charge on any atom is 0.279 e. The van der Waals surface area contributed by atoms with Gasteiger partial charge in [0.05, 0.1) is 29.8 Å². The fraction of sp³-hybridized carbons (Fsp3) is 0.125. The Morgan fingerprint density at radius 2 is 1.82 bits per heavy atom. The van der Waals surface area contributed by atoms with E-state index in [1.54, 1.807) is 61.5 Å². The van der Waals surface area contributed by atoms with Crippen molar-refractivity contribution in [3.05, 3.63) is 87.4 Å². The lowest BCUT2D eigenvalue weighted by Gasteiger charge is -2.12. The Morgan fingerprint density at radius 3 is 2.53 bits per heavy atom. The molecule has 0 spiro atoms. The number of pyridine rings is 1. The Labute approximate surface area is 199 Å². The number of carbonyl (C=O) groups excluding carboxylic acids is 2. The van der Waals surface area contributed by atoms with Crippen molar-refractivity contribution < 1.29 is 14.3 Å². The molecule has 0 aliphatic carbocycles. The van der Waals surface area contributed by atoms with Crippen LogP contribution in [-0.2, 0) is 4.79 Å². The van der Waals surface area contributed by atoms with Gasteiger partial charge in [0.25, 0.3) is 11.5 Å². The Morgan fingerprint density at radius 1 is 1.06 bits per heavy atom. The maximum absolute atomic E-state index is 13.1. The largest absolute Gasteiger partial charge is 0.495 e. The summed E-state index contributed by atoms with van der Waals surface area (Å²) in [7, 11) is 1.48. The fourth-order valence-electron chi connectivity index (χ4n) is 3.36. The molecule has 9 nitrogen and oxygen atoms in total. The summed E-state index contributed by atoms with van der Waals surface area (Å²) in [4.78, 5) is 42.6. The van der Waals surface area contributed by atoms with Gasteiger partial charge in [0.2, 0.25) is 5.91 Å². The molecule has 0 saturated carbocycles. The first-order valence-electron chi connectivity index (χ1n) is 10.2. The monoisotopic (exact) mass is 477 g/mol. The Kier molecular flexibility index (Phi) is 6.55. The molecular weight excluding hydrogens is 458 g/mol. The number of carbonyl (C=O) groups is 2. The molecule has 2 aromatic carbocycles. The van der Waals surface area contributed by atoms with Crippen LogP contribution in [0.15, 0.2) is 65.5 Å². The number of methoxy groups -OCH3 is 1. The first-order chi connectivity index (χ1) is 16.4. The van der Waals surface area contributed by atoms with Gasteiger partial charge in [-0.2, -0.15) is 9.78 Å². The highest BCUT2D eigenvalue weighted by Gasteiger charge is 2.19. The van der Waals surface area contributed by atoms with E-state index >= 15 is 0 Å². The third-order valence-corrected chi connectivity index (χ3v) is 5.26. The van der Waals surface area contributed by atoms with Gasteiger partial charge >= 0.3 is 0 Å². The second kappa shape index (κ2) is 9.72. The zero-order valence-corrected chi connectivity index (χ0v) is 19.1. The van der Waals surface area contributed by atoms with Crippen LogP contribution < -0.4 is 20.9 Å². The molecule has 2 aromatic heterocycles. The molecule has 0 aliphatic heterocycles. The molecule has 10 heteroatoms. The molecule has 0 bridgehead atoms. The number of hydrogen-bond acceptors (Lipinski definition) is 6. The lowest BCUT2D eigenvalue weighted by Crippen LogP contribution is -2.35. The van der Waals surface area contributed by atoms with E-state index in [1.165, 1.54) is 13.2 Å². The van der Waals surface area contributed by atoms with Crippen LogP contribution in [0.3, 0.4) is 0 Å². The van der Waals surface area contributed by atoms with Gasteiger partial charge in [0, 0.05) is 11.1 Å². The van der Waals surface area contributed by atoms with Gasteiger partial charge in [0.1, 0.15) is 11.6 Å². The lowest BCUT2D eigenvalue weighted by molar-refractivity contribution is -0.115. The van der Waals surface area contributed by atoms with E-state index < -0.39 is 17.4 Å². The second-order valence-electron chi connectivity index (χ2n) is 7.33. The van der Waals surface area contributed by atoms with E-state index in [0.717, 1.165) is 10.4 Å². The number of rotatable bonds is 6. The van der Waals surface area contributed by atoms with E-state index in [9.17, 15) is 14.4 Å². The number of fused-ring (bicyclic) bond motifs is 1. The quantitative estimate of drug-likeness (QED) is 0.441. The number of nitrogens with one attached hydrogen (secondary N) is 2. The lowest BCUT2D eigenvalue weighted by atomic mass is 10.1. The Bertz CT molecular complexity index is 1470. The summed E-state index contributed by atoms with van der Waals surface area (Å²) in [6, 6.07) is 16.6. The van der Waals surface area contributed by atoms with E-state index in [-0.39, 0.29) is 17.3 Å². The minimum absolute atomic E-state index is 0.0105. The number of benzene rings is 2. The molecule has 0 radical (unpaired) electrons. The number of ether oxygens (including phenoxy) is 1. The van der Waals surface area contributed by atoms with Crippen molar-refractivity contribution >= 4 is 40.0 Å². The van der Waals surface area contributed by atoms with Gasteiger partial charge in [-0.25, -0.2) is 4.98 Å². The molecule has 0 fully saturated rings. The van der Waals surface area contributed by atoms with Crippen LogP contribution in [0.5, 0.6) is 5.75 Å². The molecule has 4 rings (SSSR count). The summed E-state index contributed by atoms with van der Waals surface area (Å²) in [6.45, 7) is 1.50. The second-order valence-corrected chi connectivity index (χ2v) is 7.73. The maximum atomic E-state index is 13.1. The third-order valence-electron chi connectivity index (χ3n) is 4.97. The molecule has 34 heavy (non-hydrogen) atoms. The minimum atomic E-state index is -0.614. The van der Waals surface area contributed by atoms with Crippen molar-refractivity contribution in [3.8, 4) is 11.4 Å². The molecule has 4 aromatic rings. The molecule has 0 atom stereocenters. The summed E-state index contributed by atoms with van der Waals surface area (Å²) >= 11 is 6.22. The van der Waals surface area contributed by atoms with Crippen LogP contribution in [0, 0.1) is 6.92 Å². The summed E-state index contributed by atoms with van der Waals surface area (Å²) in [5.74, 6) is -0.248. The van der Waals surface area contributed by atoms with Crippen molar-refractivity contribution in [2.24, 2.45) is 0 Å². The van der Waals surface area contributed by atoms with Gasteiger partial charge in [-0.1, -0.05) is 35.9 Å². The van der Waals surface area contributed by atoms with Crippen molar-refractivity contribution in [1.82, 2.24) is 20.1 Å². The topological polar surface area (TPSA) is 115 Å². The summed E-state index contributed by atoms with van der Waals surface area (Å²) in [5.41, 5.74) is 0.678. The van der Waals surface area contributed by atoms with Crippen LogP contribution in [0.1, 0.15) is 16.2 Å².